The molecular weight excluding hydrogens is 266 g/mol. The number of aromatic nitrogens is 2. The van der Waals surface area contributed by atoms with Crippen molar-refractivity contribution in [1.29, 1.82) is 0 Å². The Kier molecular flexibility index (Phi) is 5.16. The molecule has 0 aliphatic rings. The van der Waals surface area contributed by atoms with Gasteiger partial charge in [-0.2, -0.15) is 5.10 Å². The first kappa shape index (κ1) is 15.3. The van der Waals surface area contributed by atoms with Gasteiger partial charge in [-0.1, -0.05) is 30.3 Å². The molecule has 6 nitrogen and oxygen atoms in total. The van der Waals surface area contributed by atoms with Gasteiger partial charge in [0.1, 0.15) is 0 Å². The fourth-order valence-electron chi connectivity index (χ4n) is 2.56. The Morgan fingerprint density at radius 2 is 2.14 bits per heavy atom. The van der Waals surface area contributed by atoms with E-state index in [0.717, 1.165) is 30.7 Å². The molecule has 1 heterocycles. The molecule has 2 rings (SSSR count). The van der Waals surface area contributed by atoms with E-state index in [1.165, 1.54) is 5.39 Å². The van der Waals surface area contributed by atoms with Gasteiger partial charge in [0, 0.05) is 18.5 Å². The van der Waals surface area contributed by atoms with Crippen molar-refractivity contribution in [1.82, 2.24) is 14.7 Å². The van der Waals surface area contributed by atoms with Crippen molar-refractivity contribution in [3.63, 3.8) is 0 Å². The highest BCUT2D eigenvalue weighted by molar-refractivity contribution is 5.83. The highest BCUT2D eigenvalue weighted by atomic mass is 16.4. The minimum Gasteiger partial charge on any atom is -0.409 e. The molecule has 0 fully saturated rings. The molecule has 0 saturated heterocycles. The average molecular weight is 289 g/mol. The first-order chi connectivity index (χ1) is 10.2. The first-order valence-electron chi connectivity index (χ1n) is 7.32. The maximum absolute atomic E-state index is 8.75. The van der Waals surface area contributed by atoms with Gasteiger partial charge in [0.2, 0.25) is 0 Å². The highest BCUT2D eigenvalue weighted by Crippen LogP contribution is 2.19. The van der Waals surface area contributed by atoms with Crippen LogP contribution >= 0.6 is 0 Å². The third kappa shape index (κ3) is 3.52. The van der Waals surface area contributed by atoms with Crippen LogP contribution in [0.4, 0.5) is 0 Å². The third-order valence-corrected chi connectivity index (χ3v) is 3.46. The van der Waals surface area contributed by atoms with Gasteiger partial charge >= 0.3 is 0 Å². The molecule has 21 heavy (non-hydrogen) atoms. The normalized spacial score (nSPS) is 12.4. The summed E-state index contributed by atoms with van der Waals surface area (Å²) in [6, 6.07) is 8.24. The number of oxime groups is 1. The molecule has 2 aromatic rings. The molecule has 0 unspecified atom stereocenters. The molecule has 1 aromatic carbocycles. The number of hydrogen-bond donors (Lipinski definition) is 2. The van der Waals surface area contributed by atoms with Gasteiger partial charge in [0.05, 0.1) is 17.8 Å². The molecule has 6 heteroatoms. The van der Waals surface area contributed by atoms with Crippen LogP contribution in [0.25, 0.3) is 10.9 Å². The number of para-hydroxylation sites is 1. The summed E-state index contributed by atoms with van der Waals surface area (Å²) in [6.45, 7) is 7.05. The van der Waals surface area contributed by atoms with Crippen molar-refractivity contribution in [2.45, 2.75) is 33.4 Å². The maximum atomic E-state index is 8.75. The van der Waals surface area contributed by atoms with Crippen molar-refractivity contribution >= 4 is 16.7 Å². The zero-order valence-corrected chi connectivity index (χ0v) is 12.7. The second-order valence-corrected chi connectivity index (χ2v) is 5.08. The van der Waals surface area contributed by atoms with Crippen LogP contribution in [-0.2, 0) is 13.1 Å². The van der Waals surface area contributed by atoms with Crippen LogP contribution in [0.15, 0.2) is 29.4 Å². The van der Waals surface area contributed by atoms with Crippen LogP contribution in [0.5, 0.6) is 0 Å². The summed E-state index contributed by atoms with van der Waals surface area (Å²) in [5.41, 5.74) is 7.82. The number of fused-ring (bicyclic) bond motifs is 1. The minimum absolute atomic E-state index is 0.225. The monoisotopic (exact) mass is 289 g/mol. The number of nitrogens with two attached hydrogens (primary N) is 1. The quantitative estimate of drug-likeness (QED) is 0.354. The molecule has 3 N–H and O–H groups in total. The van der Waals surface area contributed by atoms with E-state index in [2.05, 4.69) is 36.0 Å². The topological polar surface area (TPSA) is 79.7 Å². The first-order valence-corrected chi connectivity index (χ1v) is 7.32. The Labute approximate surface area is 124 Å². The van der Waals surface area contributed by atoms with E-state index in [9.17, 15) is 0 Å². The number of nitrogens with zero attached hydrogens (tertiary/aromatic N) is 4. The van der Waals surface area contributed by atoms with Gasteiger partial charge < -0.3 is 10.9 Å². The molecule has 0 atom stereocenters. The van der Waals surface area contributed by atoms with Gasteiger partial charge in [-0.15, -0.1) is 0 Å². The Morgan fingerprint density at radius 1 is 1.38 bits per heavy atom. The fourth-order valence-corrected chi connectivity index (χ4v) is 2.56. The van der Waals surface area contributed by atoms with Crippen molar-refractivity contribution < 1.29 is 5.21 Å². The van der Waals surface area contributed by atoms with E-state index in [1.54, 1.807) is 0 Å². The van der Waals surface area contributed by atoms with Crippen LogP contribution in [0.3, 0.4) is 0 Å². The van der Waals surface area contributed by atoms with Gasteiger partial charge in [0.25, 0.3) is 0 Å². The molecule has 0 saturated carbocycles. The number of benzene rings is 1. The summed E-state index contributed by atoms with van der Waals surface area (Å²) >= 11 is 0. The standard InChI is InChI=1S/C15H23N5O/c1-3-9-19(11-15(16)18-21)10-13-12-7-5-6-8-14(12)20(4-2)17-13/h5-8,21H,3-4,9-11H2,1-2H3,(H2,16,18). The molecule has 114 valence electrons. The van der Waals surface area contributed by atoms with Crippen LogP contribution in [-0.4, -0.2) is 38.8 Å². The average Bonchev–Trinajstić information content (AvgIpc) is 2.85. The molecule has 0 bridgehead atoms. The summed E-state index contributed by atoms with van der Waals surface area (Å²) in [4.78, 5) is 2.14. The van der Waals surface area contributed by atoms with Crippen LogP contribution in [0, 0.1) is 0 Å². The van der Waals surface area contributed by atoms with E-state index in [0.29, 0.717) is 13.1 Å². The Morgan fingerprint density at radius 3 is 2.81 bits per heavy atom. The highest BCUT2D eigenvalue weighted by Gasteiger charge is 2.14. The Balaban J connectivity index is 2.28. The van der Waals surface area contributed by atoms with E-state index in [-0.39, 0.29) is 5.84 Å². The van der Waals surface area contributed by atoms with Gasteiger partial charge in [-0.3, -0.25) is 9.58 Å². The van der Waals surface area contributed by atoms with Crippen LogP contribution in [0.2, 0.25) is 0 Å². The summed E-state index contributed by atoms with van der Waals surface area (Å²) in [5, 5.41) is 17.7. The fraction of sp³-hybridized carbons (Fsp3) is 0.467. The molecule has 0 aliphatic carbocycles. The van der Waals surface area contributed by atoms with E-state index in [1.807, 2.05) is 16.8 Å². The van der Waals surface area contributed by atoms with Crippen molar-refractivity contribution in [2.24, 2.45) is 10.9 Å². The van der Waals surface area contributed by atoms with Crippen LogP contribution < -0.4 is 5.73 Å². The second kappa shape index (κ2) is 7.08. The zero-order valence-electron chi connectivity index (χ0n) is 12.7. The lowest BCUT2D eigenvalue weighted by molar-refractivity contribution is 0.283. The lowest BCUT2D eigenvalue weighted by atomic mass is 10.2. The van der Waals surface area contributed by atoms with Crippen LogP contribution in [0.1, 0.15) is 26.0 Å². The van der Waals surface area contributed by atoms with Crippen molar-refractivity contribution in [2.75, 3.05) is 13.1 Å². The minimum atomic E-state index is 0.225. The zero-order chi connectivity index (χ0) is 15.2. The smallest absolute Gasteiger partial charge is 0.153 e. The predicted octanol–water partition coefficient (Wildman–Crippen LogP) is 2.01. The SMILES string of the molecule is CCCN(CC(N)=NO)Cc1nn(CC)c2ccccc12. The molecular formula is C15H23N5O. The Bertz CT molecular complexity index is 620. The van der Waals surface area contributed by atoms with E-state index < -0.39 is 0 Å². The third-order valence-electron chi connectivity index (χ3n) is 3.46. The van der Waals surface area contributed by atoms with Gasteiger partial charge in [0.15, 0.2) is 5.84 Å². The van der Waals surface area contributed by atoms with Crippen molar-refractivity contribution in [3.05, 3.63) is 30.0 Å². The second-order valence-electron chi connectivity index (χ2n) is 5.08. The molecule has 0 spiro atoms. The maximum Gasteiger partial charge on any atom is 0.153 e. The lowest BCUT2D eigenvalue weighted by Crippen LogP contribution is -2.34. The number of aryl methyl sites for hydroxylation is 1. The largest absolute Gasteiger partial charge is 0.409 e. The molecule has 0 amide bonds. The summed E-state index contributed by atoms with van der Waals surface area (Å²) < 4.78 is 2.01. The number of rotatable bonds is 7. The van der Waals surface area contributed by atoms with E-state index in [4.69, 9.17) is 16.0 Å². The molecule has 0 aliphatic heterocycles. The number of hydrogen-bond acceptors (Lipinski definition) is 4. The van der Waals surface area contributed by atoms with Gasteiger partial charge in [-0.05, 0) is 26.0 Å². The predicted molar refractivity (Wildman–Crippen MR) is 84.4 cm³/mol. The van der Waals surface area contributed by atoms with Crippen molar-refractivity contribution in [3.8, 4) is 0 Å². The summed E-state index contributed by atoms with van der Waals surface area (Å²) in [5.74, 6) is 0.225. The Hall–Kier alpha value is -2.08. The number of amidine groups is 1. The summed E-state index contributed by atoms with van der Waals surface area (Å²) in [6.07, 6.45) is 1.01. The summed E-state index contributed by atoms with van der Waals surface area (Å²) in [7, 11) is 0. The van der Waals surface area contributed by atoms with Gasteiger partial charge in [-0.25, -0.2) is 0 Å². The lowest BCUT2D eigenvalue weighted by Gasteiger charge is -2.19. The molecule has 1 aromatic heterocycles. The van der Waals surface area contributed by atoms with E-state index >= 15 is 0 Å². The molecule has 0 radical (unpaired) electrons.